The number of imide groups is 1. The number of ketones is 1. The van der Waals surface area contributed by atoms with Crippen molar-refractivity contribution in [3.63, 3.8) is 0 Å². The van der Waals surface area contributed by atoms with Gasteiger partial charge in [0, 0.05) is 28.3 Å². The SMILES string of the molecule is O=C(CN(C(=O)c1cccc([N+](=O)[O-])c1)N1C(=O)[C@H]2[C@H](C1=O)[C@@]1(Cl)C(Cl)=C(Cl)[C@@]2(Cl)C1(Cl)Cl)c1ccc(Cl)cc1. The van der Waals surface area contributed by atoms with Crippen LogP contribution < -0.4 is 0 Å². The number of benzene rings is 2. The van der Waals surface area contributed by atoms with Gasteiger partial charge in [0.2, 0.25) is 0 Å². The molecule has 0 radical (unpaired) electrons. The van der Waals surface area contributed by atoms with Gasteiger partial charge in [-0.1, -0.05) is 64.1 Å². The van der Waals surface area contributed by atoms with Gasteiger partial charge in [-0.05, 0) is 30.3 Å². The van der Waals surface area contributed by atoms with E-state index in [1.807, 2.05) is 0 Å². The lowest BCUT2D eigenvalue weighted by Gasteiger charge is -2.36. The Kier molecular flexibility index (Phi) is 7.15. The summed E-state index contributed by atoms with van der Waals surface area (Å²) in [6.45, 7) is -0.841. The fourth-order valence-electron chi connectivity index (χ4n) is 5.22. The number of hydrazine groups is 1. The highest BCUT2D eigenvalue weighted by Crippen LogP contribution is 2.77. The minimum absolute atomic E-state index is 0.0940. The third-order valence-electron chi connectivity index (χ3n) is 7.12. The number of fused-ring (bicyclic) bond motifs is 5. The number of hydrogen-bond acceptors (Lipinski definition) is 6. The molecule has 1 heterocycles. The molecule has 5 rings (SSSR count). The Bertz CT molecular complexity index is 1520. The van der Waals surface area contributed by atoms with E-state index < -0.39 is 66.6 Å². The molecule has 3 aliphatic rings. The molecule has 1 saturated heterocycles. The monoisotopic (exact) mass is 683 g/mol. The van der Waals surface area contributed by atoms with Gasteiger partial charge in [-0.15, -0.1) is 23.2 Å². The van der Waals surface area contributed by atoms with Crippen molar-refractivity contribution in [1.82, 2.24) is 10.0 Å². The first-order valence-corrected chi connectivity index (χ1v) is 13.8. The minimum Gasteiger partial charge on any atom is -0.292 e. The second-order valence-electron chi connectivity index (χ2n) is 9.17. The average Bonchev–Trinajstić information content (AvgIpc) is 3.30. The highest BCUT2D eigenvalue weighted by molar-refractivity contribution is 6.66. The van der Waals surface area contributed by atoms with Crippen molar-refractivity contribution >= 4 is 110 Å². The molecule has 2 aromatic rings. The first-order valence-electron chi connectivity index (χ1n) is 11.1. The first kappa shape index (κ1) is 29.4. The Morgan fingerprint density at radius 2 is 1.40 bits per heavy atom. The molecule has 3 amide bonds. The van der Waals surface area contributed by atoms with Gasteiger partial charge in [0.25, 0.3) is 23.4 Å². The Labute approximate surface area is 260 Å². The Hall–Kier alpha value is -2.11. The lowest BCUT2D eigenvalue weighted by atomic mass is 9.84. The number of Topliss-reactive ketones (excluding diaryl/α,β-unsaturated/α-hetero) is 1. The summed E-state index contributed by atoms with van der Waals surface area (Å²) in [7, 11) is 0. The van der Waals surface area contributed by atoms with E-state index in [-0.39, 0.29) is 21.2 Å². The third kappa shape index (κ3) is 3.75. The number of hydrogen-bond donors (Lipinski definition) is 0. The van der Waals surface area contributed by atoms with E-state index in [0.29, 0.717) is 15.0 Å². The van der Waals surface area contributed by atoms with Gasteiger partial charge < -0.3 is 0 Å². The smallest absolute Gasteiger partial charge is 0.273 e. The van der Waals surface area contributed by atoms with Crippen LogP contribution in [0.25, 0.3) is 0 Å². The molecule has 2 fully saturated rings. The largest absolute Gasteiger partial charge is 0.292 e. The first-order chi connectivity index (χ1) is 18.6. The zero-order chi connectivity index (χ0) is 29.5. The molecule has 0 aromatic heterocycles. The summed E-state index contributed by atoms with van der Waals surface area (Å²) < 4.78 is -2.21. The van der Waals surface area contributed by atoms with Crippen LogP contribution in [0.4, 0.5) is 5.69 Å². The maximum Gasteiger partial charge on any atom is 0.273 e. The number of nitro groups is 1. The molecule has 0 N–H and O–H groups in total. The van der Waals surface area contributed by atoms with Gasteiger partial charge in [0.1, 0.15) is 16.3 Å². The number of amides is 3. The van der Waals surface area contributed by atoms with Crippen molar-refractivity contribution in [3.8, 4) is 0 Å². The molecule has 16 heteroatoms. The van der Waals surface area contributed by atoms with Crippen LogP contribution in [0.3, 0.4) is 0 Å². The van der Waals surface area contributed by atoms with Crippen LogP contribution in [0, 0.1) is 22.0 Å². The van der Waals surface area contributed by atoms with Crippen LogP contribution in [-0.4, -0.2) is 59.1 Å². The molecule has 2 aromatic carbocycles. The molecule has 0 unspecified atom stereocenters. The zero-order valence-corrected chi connectivity index (χ0v) is 24.7. The predicted molar refractivity (Wildman–Crippen MR) is 149 cm³/mol. The molecular weight excluding hydrogens is 674 g/mol. The molecule has 40 heavy (non-hydrogen) atoms. The summed E-state index contributed by atoms with van der Waals surface area (Å²) in [5, 5.41) is 11.9. The Balaban J connectivity index is 1.61. The summed E-state index contributed by atoms with van der Waals surface area (Å²) in [6.07, 6.45) is 0. The molecule has 1 saturated carbocycles. The summed E-state index contributed by atoms with van der Waals surface area (Å²) in [5.41, 5.74) is -0.644. The summed E-state index contributed by atoms with van der Waals surface area (Å²) in [5.74, 6) is -7.09. The molecular formula is C24H12Cl7N3O6. The van der Waals surface area contributed by atoms with E-state index in [0.717, 1.165) is 12.1 Å². The highest BCUT2D eigenvalue weighted by atomic mass is 35.5. The minimum atomic E-state index is -2.21. The fourth-order valence-corrected chi connectivity index (χ4v) is 8.27. The number of non-ortho nitro benzene ring substituents is 1. The van der Waals surface area contributed by atoms with Crippen LogP contribution in [0.15, 0.2) is 58.6 Å². The van der Waals surface area contributed by atoms with Gasteiger partial charge in [0.15, 0.2) is 10.1 Å². The number of nitrogens with zero attached hydrogens (tertiary/aromatic N) is 3. The molecule has 0 spiro atoms. The number of allylic oxidation sites excluding steroid dienone is 2. The van der Waals surface area contributed by atoms with E-state index in [9.17, 15) is 29.3 Å². The van der Waals surface area contributed by atoms with Crippen LogP contribution in [0.5, 0.6) is 0 Å². The molecule has 208 valence electrons. The Morgan fingerprint density at radius 3 is 1.90 bits per heavy atom. The number of alkyl halides is 4. The van der Waals surface area contributed by atoms with Gasteiger partial charge >= 0.3 is 0 Å². The second kappa shape index (κ2) is 9.73. The van der Waals surface area contributed by atoms with Crippen molar-refractivity contribution in [3.05, 3.63) is 84.9 Å². The standard InChI is InChI=1S/C24H12Cl7N3O6/c25-12-6-4-10(5-7-12)14(35)9-32(19(36)11-2-1-3-13(8-11)34(39)40)33-20(37)15-16(21(33)38)23(29)18(27)17(26)22(15,28)24(23,30)31/h1-8,15-16H,9H2/t15-,16-,22-,23-/m1/s1. The number of carbonyl (C=O) groups is 4. The molecule has 1 aliphatic heterocycles. The number of carbonyl (C=O) groups excluding carboxylic acids is 4. The van der Waals surface area contributed by atoms with Crippen LogP contribution in [-0.2, 0) is 9.59 Å². The maximum atomic E-state index is 13.9. The van der Waals surface area contributed by atoms with Gasteiger partial charge in [0.05, 0.1) is 26.8 Å². The fraction of sp³-hybridized carbons (Fsp3) is 0.250. The van der Waals surface area contributed by atoms with Gasteiger partial charge in [-0.3, -0.25) is 29.3 Å². The van der Waals surface area contributed by atoms with Gasteiger partial charge in [-0.25, -0.2) is 5.01 Å². The quantitative estimate of drug-likeness (QED) is 0.122. The molecule has 4 atom stereocenters. The van der Waals surface area contributed by atoms with Crippen molar-refractivity contribution in [2.24, 2.45) is 11.8 Å². The lowest BCUT2D eigenvalue weighted by Crippen LogP contribution is -2.56. The van der Waals surface area contributed by atoms with E-state index in [1.54, 1.807) is 0 Å². The number of rotatable bonds is 6. The normalized spacial score (nSPS) is 28.2. The third-order valence-corrected chi connectivity index (χ3v) is 11.6. The van der Waals surface area contributed by atoms with Crippen LogP contribution in [0.1, 0.15) is 20.7 Å². The number of nitro benzene ring substituents is 1. The molecule has 2 bridgehead atoms. The van der Waals surface area contributed by atoms with E-state index in [1.165, 1.54) is 36.4 Å². The Morgan fingerprint density at radius 1 is 0.875 bits per heavy atom. The van der Waals surface area contributed by atoms with E-state index >= 15 is 0 Å². The average molecular weight is 687 g/mol. The lowest BCUT2D eigenvalue weighted by molar-refractivity contribution is -0.384. The topological polar surface area (TPSA) is 118 Å². The van der Waals surface area contributed by atoms with Gasteiger partial charge in [-0.2, -0.15) is 5.01 Å². The van der Waals surface area contributed by atoms with Crippen molar-refractivity contribution in [2.45, 2.75) is 14.1 Å². The van der Waals surface area contributed by atoms with E-state index in [4.69, 9.17) is 81.2 Å². The van der Waals surface area contributed by atoms with Crippen molar-refractivity contribution in [1.29, 1.82) is 0 Å². The maximum absolute atomic E-state index is 13.9. The summed E-state index contributed by atoms with van der Waals surface area (Å²) in [4.78, 5) is 61.0. The number of halogens is 7. The van der Waals surface area contributed by atoms with Crippen molar-refractivity contribution < 1.29 is 24.1 Å². The van der Waals surface area contributed by atoms with E-state index in [2.05, 4.69) is 0 Å². The highest BCUT2D eigenvalue weighted by Gasteiger charge is 2.88. The summed E-state index contributed by atoms with van der Waals surface area (Å²) >= 11 is 45.1. The van der Waals surface area contributed by atoms with Crippen LogP contribution in [0.2, 0.25) is 5.02 Å². The molecule has 9 nitrogen and oxygen atoms in total. The predicted octanol–water partition coefficient (Wildman–Crippen LogP) is 5.94. The van der Waals surface area contributed by atoms with Crippen LogP contribution >= 0.6 is 81.2 Å². The van der Waals surface area contributed by atoms with Crippen molar-refractivity contribution in [2.75, 3.05) is 6.54 Å². The second-order valence-corrected chi connectivity index (χ2v) is 12.9. The zero-order valence-electron chi connectivity index (χ0n) is 19.4. The molecule has 2 aliphatic carbocycles. The summed E-state index contributed by atoms with van der Waals surface area (Å²) in [6, 6.07) is 10.1.